The van der Waals surface area contributed by atoms with E-state index in [2.05, 4.69) is 15.3 Å². The van der Waals surface area contributed by atoms with Crippen LogP contribution in [0.15, 0.2) is 42.5 Å². The second-order valence-electron chi connectivity index (χ2n) is 5.86. The minimum Gasteiger partial charge on any atom is -0.351 e. The first kappa shape index (κ1) is 16.5. The van der Waals surface area contributed by atoms with Crippen molar-refractivity contribution in [3.63, 3.8) is 0 Å². The summed E-state index contributed by atoms with van der Waals surface area (Å²) < 4.78 is 0. The van der Waals surface area contributed by atoms with Gasteiger partial charge < -0.3 is 15.2 Å². The molecule has 5 nitrogen and oxygen atoms in total. The van der Waals surface area contributed by atoms with Crippen LogP contribution in [0.4, 0.5) is 0 Å². The molecular weight excluding hydrogens is 324 g/mol. The van der Waals surface area contributed by atoms with Crippen LogP contribution in [-0.2, 0) is 0 Å². The van der Waals surface area contributed by atoms with Crippen LogP contribution in [0.3, 0.4) is 0 Å². The lowest BCUT2D eigenvalue weighted by molar-refractivity contribution is 0.0952. The first-order valence-electron chi connectivity index (χ1n) is 7.72. The quantitative estimate of drug-likeness (QED) is 0.748. The summed E-state index contributed by atoms with van der Waals surface area (Å²) in [5.74, 6) is 0.577. The molecule has 0 radical (unpaired) electrons. The van der Waals surface area contributed by atoms with Crippen LogP contribution >= 0.6 is 11.6 Å². The van der Waals surface area contributed by atoms with E-state index < -0.39 is 0 Å². The van der Waals surface area contributed by atoms with Gasteiger partial charge >= 0.3 is 0 Å². The Labute approximate surface area is 145 Å². The second-order valence-corrected chi connectivity index (χ2v) is 6.29. The molecule has 0 atom stereocenters. The minimum atomic E-state index is -0.119. The zero-order chi connectivity index (χ0) is 17.1. The highest BCUT2D eigenvalue weighted by Gasteiger charge is 2.14. The number of imidazole rings is 1. The van der Waals surface area contributed by atoms with Gasteiger partial charge in [-0.1, -0.05) is 29.8 Å². The molecule has 0 fully saturated rings. The van der Waals surface area contributed by atoms with Gasteiger partial charge in [0.05, 0.1) is 11.1 Å². The van der Waals surface area contributed by atoms with Crippen LogP contribution in [-0.4, -0.2) is 48.0 Å². The summed E-state index contributed by atoms with van der Waals surface area (Å²) in [6, 6.07) is 13.0. The molecule has 0 aliphatic carbocycles. The summed E-state index contributed by atoms with van der Waals surface area (Å²) in [7, 11) is 3.94. The van der Waals surface area contributed by atoms with E-state index in [1.54, 1.807) is 6.07 Å². The minimum absolute atomic E-state index is 0.119. The average molecular weight is 343 g/mol. The molecule has 2 N–H and O–H groups in total. The van der Waals surface area contributed by atoms with Crippen molar-refractivity contribution in [3.05, 3.63) is 53.1 Å². The van der Waals surface area contributed by atoms with Gasteiger partial charge in [-0.2, -0.15) is 0 Å². The molecule has 1 heterocycles. The molecule has 0 unspecified atom stereocenters. The summed E-state index contributed by atoms with van der Waals surface area (Å²) in [6.45, 7) is 1.38. The fourth-order valence-electron chi connectivity index (χ4n) is 2.48. The molecule has 0 aliphatic heterocycles. The third kappa shape index (κ3) is 3.58. The molecule has 0 saturated heterocycles. The van der Waals surface area contributed by atoms with E-state index in [-0.39, 0.29) is 5.91 Å². The number of amides is 1. The SMILES string of the molecule is CN(C)CCNC(=O)c1cccc2[nH]c(-c3cccc(Cl)c3)nc12. The number of para-hydroxylation sites is 1. The van der Waals surface area contributed by atoms with Crippen molar-refractivity contribution in [2.75, 3.05) is 27.2 Å². The number of hydrogen-bond acceptors (Lipinski definition) is 3. The van der Waals surface area contributed by atoms with Crippen molar-refractivity contribution in [3.8, 4) is 11.4 Å². The van der Waals surface area contributed by atoms with E-state index in [1.807, 2.05) is 55.4 Å². The van der Waals surface area contributed by atoms with Crippen molar-refractivity contribution < 1.29 is 4.79 Å². The standard InChI is InChI=1S/C18H19ClN4O/c1-23(2)10-9-20-18(24)14-7-4-8-15-16(14)22-17(21-15)12-5-3-6-13(19)11-12/h3-8,11H,9-10H2,1-2H3,(H,20,24)(H,21,22). The van der Waals surface area contributed by atoms with Crippen molar-refractivity contribution in [2.45, 2.75) is 0 Å². The largest absolute Gasteiger partial charge is 0.351 e. The molecular formula is C18H19ClN4O. The van der Waals surface area contributed by atoms with Gasteiger partial charge in [-0.15, -0.1) is 0 Å². The van der Waals surface area contributed by atoms with Crippen molar-refractivity contribution >= 4 is 28.5 Å². The normalized spacial score (nSPS) is 11.2. The van der Waals surface area contributed by atoms with E-state index in [4.69, 9.17) is 11.6 Å². The van der Waals surface area contributed by atoms with E-state index in [0.717, 1.165) is 17.6 Å². The van der Waals surface area contributed by atoms with Crippen molar-refractivity contribution in [2.24, 2.45) is 0 Å². The molecule has 6 heteroatoms. The number of fused-ring (bicyclic) bond motifs is 1. The van der Waals surface area contributed by atoms with Gasteiger partial charge in [0.15, 0.2) is 0 Å². The Bertz CT molecular complexity index is 872. The number of nitrogens with one attached hydrogen (secondary N) is 2. The number of carbonyl (C=O) groups excluding carboxylic acids is 1. The van der Waals surface area contributed by atoms with E-state index in [1.165, 1.54) is 0 Å². The molecule has 1 amide bonds. The number of hydrogen-bond donors (Lipinski definition) is 2. The number of nitrogens with zero attached hydrogens (tertiary/aromatic N) is 2. The summed E-state index contributed by atoms with van der Waals surface area (Å²) in [5, 5.41) is 3.57. The smallest absolute Gasteiger partial charge is 0.253 e. The maximum absolute atomic E-state index is 12.4. The summed E-state index contributed by atoms with van der Waals surface area (Å²) in [4.78, 5) is 22.3. The number of carbonyl (C=O) groups is 1. The highest BCUT2D eigenvalue weighted by atomic mass is 35.5. The first-order chi connectivity index (χ1) is 11.5. The molecule has 1 aromatic heterocycles. The van der Waals surface area contributed by atoms with Gasteiger partial charge in [0.25, 0.3) is 5.91 Å². The van der Waals surface area contributed by atoms with Crippen LogP contribution in [0.25, 0.3) is 22.4 Å². The molecule has 0 bridgehead atoms. The van der Waals surface area contributed by atoms with Crippen molar-refractivity contribution in [1.29, 1.82) is 0 Å². The monoisotopic (exact) mass is 342 g/mol. The fourth-order valence-corrected chi connectivity index (χ4v) is 2.67. The van der Waals surface area contributed by atoms with Gasteiger partial charge in [0.2, 0.25) is 0 Å². The molecule has 2 aromatic carbocycles. The van der Waals surface area contributed by atoms with Crippen LogP contribution in [0.1, 0.15) is 10.4 Å². The zero-order valence-corrected chi connectivity index (χ0v) is 14.4. The van der Waals surface area contributed by atoms with Gasteiger partial charge in [-0.3, -0.25) is 4.79 Å². The van der Waals surface area contributed by atoms with Crippen molar-refractivity contribution in [1.82, 2.24) is 20.2 Å². The van der Waals surface area contributed by atoms with Crippen LogP contribution in [0.2, 0.25) is 5.02 Å². The Morgan fingerprint density at radius 2 is 2.04 bits per heavy atom. The zero-order valence-electron chi connectivity index (χ0n) is 13.6. The number of halogens is 1. The first-order valence-corrected chi connectivity index (χ1v) is 8.10. The summed E-state index contributed by atoms with van der Waals surface area (Å²) >= 11 is 6.05. The van der Waals surface area contributed by atoms with Gasteiger partial charge in [-0.05, 0) is 38.4 Å². The van der Waals surface area contributed by atoms with Crippen LogP contribution < -0.4 is 5.32 Å². The molecule has 3 aromatic rings. The Hall–Kier alpha value is -2.37. The highest BCUT2D eigenvalue weighted by molar-refractivity contribution is 6.30. The lowest BCUT2D eigenvalue weighted by Crippen LogP contribution is -2.31. The maximum atomic E-state index is 12.4. The van der Waals surface area contributed by atoms with Crippen LogP contribution in [0.5, 0.6) is 0 Å². The van der Waals surface area contributed by atoms with Gasteiger partial charge in [0.1, 0.15) is 11.3 Å². The lowest BCUT2D eigenvalue weighted by atomic mass is 10.1. The topological polar surface area (TPSA) is 61.0 Å². The lowest BCUT2D eigenvalue weighted by Gasteiger charge is -2.10. The predicted molar refractivity (Wildman–Crippen MR) is 97.4 cm³/mol. The summed E-state index contributed by atoms with van der Waals surface area (Å²) in [5.41, 5.74) is 2.94. The molecule has 0 aliphatic rings. The van der Waals surface area contributed by atoms with E-state index in [0.29, 0.717) is 28.5 Å². The maximum Gasteiger partial charge on any atom is 0.253 e. The molecule has 124 valence electrons. The third-order valence-electron chi connectivity index (χ3n) is 3.70. The number of benzene rings is 2. The number of likely N-dealkylation sites (N-methyl/N-ethyl adjacent to an activating group) is 1. The number of aromatic amines is 1. The van der Waals surface area contributed by atoms with Gasteiger partial charge in [-0.25, -0.2) is 4.98 Å². The molecule has 0 spiro atoms. The van der Waals surface area contributed by atoms with E-state index >= 15 is 0 Å². The second kappa shape index (κ2) is 7.03. The number of aromatic nitrogens is 2. The Morgan fingerprint density at radius 3 is 2.79 bits per heavy atom. The molecule has 0 saturated carbocycles. The average Bonchev–Trinajstić information content (AvgIpc) is 2.98. The molecule has 3 rings (SSSR count). The Morgan fingerprint density at radius 1 is 1.25 bits per heavy atom. The van der Waals surface area contributed by atoms with Crippen LogP contribution in [0, 0.1) is 0 Å². The predicted octanol–water partition coefficient (Wildman–Crippen LogP) is 3.17. The number of H-pyrrole nitrogens is 1. The molecule has 24 heavy (non-hydrogen) atoms. The summed E-state index contributed by atoms with van der Waals surface area (Å²) in [6.07, 6.45) is 0. The number of rotatable bonds is 5. The van der Waals surface area contributed by atoms with Gasteiger partial charge in [0, 0.05) is 23.7 Å². The highest BCUT2D eigenvalue weighted by Crippen LogP contribution is 2.24. The fraction of sp³-hybridized carbons (Fsp3) is 0.222. The Balaban J connectivity index is 1.91. The van der Waals surface area contributed by atoms with E-state index in [9.17, 15) is 4.79 Å². The third-order valence-corrected chi connectivity index (χ3v) is 3.94. The Kier molecular flexibility index (Phi) is 4.83.